The number of alkyl halides is 1. The van der Waals surface area contributed by atoms with E-state index in [1.165, 1.54) is 0 Å². The molecule has 0 saturated heterocycles. The zero-order valence-corrected chi connectivity index (χ0v) is 9.69. The first kappa shape index (κ1) is 12.3. The molecule has 0 aromatic rings. The fourth-order valence-corrected chi connectivity index (χ4v) is 0.494. The van der Waals surface area contributed by atoms with Crippen LogP contribution in [0.2, 0.25) is 0 Å². The fourth-order valence-electron chi connectivity index (χ4n) is 0.230. The molecule has 2 nitrogen and oxygen atoms in total. The third-order valence-electron chi connectivity index (χ3n) is 0.448. The van der Waals surface area contributed by atoms with Crippen LogP contribution in [0.3, 0.4) is 0 Å². The van der Waals surface area contributed by atoms with Gasteiger partial charge in [-0.1, -0.05) is 22.9 Å². The first-order valence-electron chi connectivity index (χ1n) is 1.97. The number of rotatable bonds is 2. The van der Waals surface area contributed by atoms with E-state index in [2.05, 4.69) is 15.9 Å². The molecule has 0 aliphatic heterocycles. The molecule has 0 amide bonds. The van der Waals surface area contributed by atoms with Crippen LogP contribution in [-0.2, 0) is 4.79 Å². The Morgan fingerprint density at radius 3 is 2.25 bits per heavy atom. The molecule has 1 unspecified atom stereocenters. The Kier molecular flexibility index (Phi) is 10.3. The summed E-state index contributed by atoms with van der Waals surface area (Å²) in [6.07, 6.45) is 0.0833. The first-order valence-corrected chi connectivity index (χ1v) is 2.88. The predicted octanol–water partition coefficient (Wildman–Crippen LogP) is -3.09. The summed E-state index contributed by atoms with van der Waals surface area (Å²) >= 11 is 3.05. The van der Waals surface area contributed by atoms with Gasteiger partial charge in [0.25, 0.3) is 0 Å². The Bertz CT molecular complexity index is 74.4. The minimum absolute atomic E-state index is 0. The molecular weight excluding hydrogens is 199 g/mol. The van der Waals surface area contributed by atoms with E-state index in [1.807, 2.05) is 0 Å². The molecule has 0 heterocycles. The maximum Gasteiger partial charge on any atom is 1.00 e. The van der Waals surface area contributed by atoms with Crippen molar-refractivity contribution < 1.29 is 61.3 Å². The van der Waals surface area contributed by atoms with Crippen molar-refractivity contribution in [3.8, 4) is 0 Å². The minimum atomic E-state index is -1.01. The van der Waals surface area contributed by atoms with E-state index in [4.69, 9.17) is 0 Å². The number of aliphatic carboxylic acids is 1. The van der Waals surface area contributed by atoms with E-state index in [9.17, 15) is 9.90 Å². The van der Waals surface area contributed by atoms with Gasteiger partial charge in [0.05, 0.1) is 0 Å². The van der Waals surface area contributed by atoms with E-state index in [0.717, 1.165) is 0 Å². The van der Waals surface area contributed by atoms with Crippen LogP contribution in [0.15, 0.2) is 0 Å². The molecule has 0 aromatic heterocycles. The minimum Gasteiger partial charge on any atom is -0.550 e. The van der Waals surface area contributed by atoms with Crippen LogP contribution < -0.4 is 56.5 Å². The third-order valence-corrected chi connectivity index (χ3v) is 0.772. The molecule has 0 fully saturated rings. The molecule has 8 heavy (non-hydrogen) atoms. The SMILES string of the molecule is CC(Br)CC(=O)[O-].[K+]. The number of hydrogen-bond acceptors (Lipinski definition) is 2. The third kappa shape index (κ3) is 10.5. The second kappa shape index (κ2) is 6.70. The maximum absolute atomic E-state index is 9.67. The van der Waals surface area contributed by atoms with Crippen LogP contribution in [0.5, 0.6) is 0 Å². The second-order valence-electron chi connectivity index (χ2n) is 1.36. The molecule has 0 spiro atoms. The molecule has 4 heteroatoms. The summed E-state index contributed by atoms with van der Waals surface area (Å²) in [5, 5.41) is 9.67. The average Bonchev–Trinajstić information content (AvgIpc) is 1.27. The quantitative estimate of drug-likeness (QED) is 0.354. The number of hydrogen-bond donors (Lipinski definition) is 0. The molecule has 0 aliphatic carbocycles. The van der Waals surface area contributed by atoms with Gasteiger partial charge in [-0.05, 0) is 6.42 Å². The summed E-state index contributed by atoms with van der Waals surface area (Å²) in [6.45, 7) is 1.76. The molecule has 0 bridgehead atoms. The van der Waals surface area contributed by atoms with Gasteiger partial charge < -0.3 is 9.90 Å². The first-order chi connectivity index (χ1) is 3.13. The van der Waals surface area contributed by atoms with Crippen molar-refractivity contribution in [2.24, 2.45) is 0 Å². The zero-order chi connectivity index (χ0) is 5.86. The molecule has 0 rings (SSSR count). The maximum atomic E-state index is 9.67. The topological polar surface area (TPSA) is 40.1 Å². The van der Waals surface area contributed by atoms with Crippen LogP contribution in [0.1, 0.15) is 13.3 Å². The van der Waals surface area contributed by atoms with Crippen molar-refractivity contribution in [3.63, 3.8) is 0 Å². The Morgan fingerprint density at radius 2 is 2.25 bits per heavy atom. The molecular formula is C4H6BrKO2. The van der Waals surface area contributed by atoms with Gasteiger partial charge in [-0.3, -0.25) is 0 Å². The molecule has 0 aliphatic rings. The molecule has 0 radical (unpaired) electrons. The Balaban J connectivity index is 0. The van der Waals surface area contributed by atoms with Crippen molar-refractivity contribution in [2.75, 3.05) is 0 Å². The van der Waals surface area contributed by atoms with Crippen LogP contribution in [-0.4, -0.2) is 10.8 Å². The van der Waals surface area contributed by atoms with Crippen molar-refractivity contribution in [1.82, 2.24) is 0 Å². The van der Waals surface area contributed by atoms with Gasteiger partial charge in [0.2, 0.25) is 0 Å². The standard InChI is InChI=1S/C4H7BrO2.K/c1-3(5)2-4(6)7;/h3H,2H2,1H3,(H,6,7);/q;+1/p-1. The van der Waals surface area contributed by atoms with Gasteiger partial charge in [0, 0.05) is 10.8 Å². The van der Waals surface area contributed by atoms with Crippen molar-refractivity contribution in [1.29, 1.82) is 0 Å². The summed E-state index contributed by atoms with van der Waals surface area (Å²) in [5.74, 6) is -1.01. The monoisotopic (exact) mass is 204 g/mol. The van der Waals surface area contributed by atoms with E-state index >= 15 is 0 Å². The van der Waals surface area contributed by atoms with Gasteiger partial charge in [0.1, 0.15) is 0 Å². The number of carboxylic acid groups (broad SMARTS) is 1. The summed E-state index contributed by atoms with van der Waals surface area (Å²) in [6, 6.07) is 0. The van der Waals surface area contributed by atoms with E-state index in [-0.39, 0.29) is 62.6 Å². The zero-order valence-electron chi connectivity index (χ0n) is 4.98. The van der Waals surface area contributed by atoms with Crippen molar-refractivity contribution >= 4 is 21.9 Å². The van der Waals surface area contributed by atoms with Gasteiger partial charge in [-0.15, -0.1) is 0 Å². The predicted molar refractivity (Wildman–Crippen MR) is 28.0 cm³/mol. The Morgan fingerprint density at radius 1 is 1.88 bits per heavy atom. The molecule has 42 valence electrons. The summed E-state index contributed by atoms with van der Waals surface area (Å²) < 4.78 is 0. The number of carboxylic acids is 1. The summed E-state index contributed by atoms with van der Waals surface area (Å²) in [4.78, 5) is 9.69. The molecule has 0 aromatic carbocycles. The van der Waals surface area contributed by atoms with Gasteiger partial charge in [-0.2, -0.15) is 0 Å². The number of carbonyl (C=O) groups excluding carboxylic acids is 1. The van der Waals surface area contributed by atoms with Crippen LogP contribution in [0.4, 0.5) is 0 Å². The number of carbonyl (C=O) groups is 1. The summed E-state index contributed by atoms with van der Waals surface area (Å²) in [5.41, 5.74) is 0. The Labute approximate surface area is 99.6 Å². The van der Waals surface area contributed by atoms with Gasteiger partial charge >= 0.3 is 51.4 Å². The Hall–Kier alpha value is 1.59. The van der Waals surface area contributed by atoms with Gasteiger partial charge in [0.15, 0.2) is 0 Å². The van der Waals surface area contributed by atoms with Crippen molar-refractivity contribution in [3.05, 3.63) is 0 Å². The molecule has 0 N–H and O–H groups in total. The van der Waals surface area contributed by atoms with Crippen LogP contribution >= 0.6 is 15.9 Å². The van der Waals surface area contributed by atoms with E-state index < -0.39 is 5.97 Å². The van der Waals surface area contributed by atoms with Crippen molar-refractivity contribution in [2.45, 2.75) is 18.2 Å². The van der Waals surface area contributed by atoms with Crippen LogP contribution in [0.25, 0.3) is 0 Å². The molecule has 0 saturated carbocycles. The molecule has 1 atom stereocenters. The number of halogens is 1. The fraction of sp³-hybridized carbons (Fsp3) is 0.750. The van der Waals surface area contributed by atoms with E-state index in [0.29, 0.717) is 0 Å². The smallest absolute Gasteiger partial charge is 0.550 e. The van der Waals surface area contributed by atoms with Crippen LogP contribution in [0, 0.1) is 0 Å². The van der Waals surface area contributed by atoms with Gasteiger partial charge in [-0.25, -0.2) is 0 Å². The summed E-state index contributed by atoms with van der Waals surface area (Å²) in [7, 11) is 0. The largest absolute Gasteiger partial charge is 1.00 e. The second-order valence-corrected chi connectivity index (χ2v) is 2.92. The van der Waals surface area contributed by atoms with E-state index in [1.54, 1.807) is 6.92 Å². The average molecular weight is 205 g/mol. The normalized spacial score (nSPS) is 11.8.